The summed E-state index contributed by atoms with van der Waals surface area (Å²) in [5.74, 6) is -2.29. The van der Waals surface area contributed by atoms with Crippen LogP contribution in [0.1, 0.15) is 31.1 Å². The van der Waals surface area contributed by atoms with Crippen molar-refractivity contribution in [2.24, 2.45) is 0 Å². The van der Waals surface area contributed by atoms with E-state index in [0.717, 1.165) is 6.07 Å². The molecule has 1 aromatic rings. The third kappa shape index (κ3) is 2.85. The first-order valence-electron chi connectivity index (χ1n) is 4.72. The normalized spacial score (nSPS) is 11.2. The van der Waals surface area contributed by atoms with Crippen LogP contribution in [0, 0.1) is 5.82 Å². The third-order valence-electron chi connectivity index (χ3n) is 1.73. The summed E-state index contributed by atoms with van der Waals surface area (Å²) < 4.78 is 18.1. The van der Waals surface area contributed by atoms with Gasteiger partial charge in [0.25, 0.3) is 0 Å². The minimum atomic E-state index is -0.944. The van der Waals surface area contributed by atoms with Gasteiger partial charge in [-0.2, -0.15) is 0 Å². The maximum atomic E-state index is 13.1. The Hall–Kier alpha value is -1.78. The van der Waals surface area contributed by atoms with Gasteiger partial charge in [0, 0.05) is 0 Å². The Morgan fingerprint density at radius 1 is 1.44 bits per heavy atom. The van der Waals surface area contributed by atoms with E-state index in [9.17, 15) is 9.18 Å². The molecule has 1 aromatic carbocycles. The van der Waals surface area contributed by atoms with Crippen LogP contribution in [0.3, 0.4) is 0 Å². The second-order valence-electron chi connectivity index (χ2n) is 4.40. The minimum absolute atomic E-state index is 0.0253. The van der Waals surface area contributed by atoms with Crippen molar-refractivity contribution in [2.45, 2.75) is 26.4 Å². The Morgan fingerprint density at radius 3 is 2.44 bits per heavy atom. The maximum absolute atomic E-state index is 13.1. The molecule has 0 unspecified atom stereocenters. The lowest BCUT2D eigenvalue weighted by atomic mass is 10.1. The number of hydrogen-bond acceptors (Lipinski definition) is 4. The number of carbonyl (C=O) groups is 1. The Kier molecular flexibility index (Phi) is 3.07. The van der Waals surface area contributed by atoms with Crippen molar-refractivity contribution in [3.63, 3.8) is 0 Å². The first-order valence-corrected chi connectivity index (χ1v) is 4.72. The molecule has 0 aromatic heterocycles. The maximum Gasteiger partial charge on any atom is 0.338 e. The minimum Gasteiger partial charge on any atom is -0.503 e. The van der Waals surface area contributed by atoms with Crippen LogP contribution in [0.15, 0.2) is 12.1 Å². The van der Waals surface area contributed by atoms with Crippen molar-refractivity contribution < 1.29 is 19.0 Å². The van der Waals surface area contributed by atoms with Gasteiger partial charge in [0.2, 0.25) is 0 Å². The predicted molar refractivity (Wildman–Crippen MR) is 57.6 cm³/mol. The molecule has 0 radical (unpaired) electrons. The molecule has 0 saturated carbocycles. The van der Waals surface area contributed by atoms with Crippen molar-refractivity contribution >= 4 is 11.7 Å². The number of halogens is 1. The van der Waals surface area contributed by atoms with E-state index in [-0.39, 0.29) is 11.3 Å². The first kappa shape index (κ1) is 12.3. The number of benzene rings is 1. The number of nitrogen functional groups attached to an aromatic ring is 1. The summed E-state index contributed by atoms with van der Waals surface area (Å²) in [5.41, 5.74) is 4.44. The van der Waals surface area contributed by atoms with Gasteiger partial charge in [0.15, 0.2) is 11.6 Å². The molecule has 0 amide bonds. The lowest BCUT2D eigenvalue weighted by Gasteiger charge is -2.19. The van der Waals surface area contributed by atoms with Crippen LogP contribution >= 0.6 is 0 Å². The highest BCUT2D eigenvalue weighted by molar-refractivity contribution is 5.91. The van der Waals surface area contributed by atoms with E-state index in [1.165, 1.54) is 6.07 Å². The average Bonchev–Trinajstić information content (AvgIpc) is 2.10. The average molecular weight is 227 g/mol. The standard InChI is InChI=1S/C11H14FNO3/c1-11(2,3)16-10(15)6-4-7(12)9(14)8(13)5-6/h4-5,14H,13H2,1-3H3. The van der Waals surface area contributed by atoms with E-state index in [1.807, 2.05) is 0 Å². The van der Waals surface area contributed by atoms with E-state index in [4.69, 9.17) is 15.6 Å². The van der Waals surface area contributed by atoms with Crippen LogP contribution in [0.4, 0.5) is 10.1 Å². The fourth-order valence-electron chi connectivity index (χ4n) is 1.08. The third-order valence-corrected chi connectivity index (χ3v) is 1.73. The molecule has 5 heteroatoms. The molecule has 0 saturated heterocycles. The molecule has 88 valence electrons. The van der Waals surface area contributed by atoms with Gasteiger partial charge in [-0.25, -0.2) is 9.18 Å². The number of hydrogen-bond donors (Lipinski definition) is 2. The Bertz CT molecular complexity index is 401. The van der Waals surface area contributed by atoms with E-state index in [2.05, 4.69) is 0 Å². The highest BCUT2D eigenvalue weighted by Crippen LogP contribution is 2.26. The van der Waals surface area contributed by atoms with Gasteiger partial charge in [-0.15, -0.1) is 0 Å². The number of anilines is 1. The van der Waals surface area contributed by atoms with Gasteiger partial charge in [-0.1, -0.05) is 0 Å². The van der Waals surface area contributed by atoms with Crippen molar-refractivity contribution in [3.8, 4) is 5.75 Å². The second-order valence-corrected chi connectivity index (χ2v) is 4.40. The van der Waals surface area contributed by atoms with Crippen molar-refractivity contribution in [2.75, 3.05) is 5.73 Å². The molecular weight excluding hydrogens is 213 g/mol. The molecule has 0 aliphatic rings. The summed E-state index contributed by atoms with van der Waals surface area (Å²) in [5, 5.41) is 9.09. The molecule has 0 heterocycles. The largest absolute Gasteiger partial charge is 0.503 e. The molecule has 0 bridgehead atoms. The van der Waals surface area contributed by atoms with E-state index < -0.39 is 23.1 Å². The monoisotopic (exact) mass is 227 g/mol. The number of esters is 1. The van der Waals surface area contributed by atoms with E-state index >= 15 is 0 Å². The molecule has 3 N–H and O–H groups in total. The summed E-state index contributed by atoms with van der Waals surface area (Å²) >= 11 is 0. The van der Waals surface area contributed by atoms with Crippen molar-refractivity contribution in [1.29, 1.82) is 0 Å². The van der Waals surface area contributed by atoms with Gasteiger partial charge in [0.05, 0.1) is 11.3 Å². The summed E-state index contributed by atoms with van der Waals surface area (Å²) in [6, 6.07) is 2.06. The quantitative estimate of drug-likeness (QED) is 0.437. The summed E-state index contributed by atoms with van der Waals surface area (Å²) in [6.45, 7) is 5.10. The van der Waals surface area contributed by atoms with Crippen LogP contribution in [-0.2, 0) is 4.74 Å². The number of phenolic OH excluding ortho intramolecular Hbond substituents is 1. The van der Waals surface area contributed by atoms with E-state index in [1.54, 1.807) is 20.8 Å². The molecule has 0 fully saturated rings. The fourth-order valence-corrected chi connectivity index (χ4v) is 1.08. The van der Waals surface area contributed by atoms with Crippen LogP contribution in [0.25, 0.3) is 0 Å². The smallest absolute Gasteiger partial charge is 0.338 e. The van der Waals surface area contributed by atoms with Crippen molar-refractivity contribution in [3.05, 3.63) is 23.5 Å². The van der Waals surface area contributed by atoms with Crippen LogP contribution in [-0.4, -0.2) is 16.7 Å². The molecule has 1 rings (SSSR count). The van der Waals surface area contributed by atoms with E-state index in [0.29, 0.717) is 0 Å². The molecular formula is C11H14FNO3. The lowest BCUT2D eigenvalue weighted by molar-refractivity contribution is 0.00691. The molecule has 0 atom stereocenters. The topological polar surface area (TPSA) is 72.5 Å². The lowest BCUT2D eigenvalue weighted by Crippen LogP contribution is -2.24. The number of nitrogens with two attached hydrogens (primary N) is 1. The van der Waals surface area contributed by atoms with Gasteiger partial charge >= 0.3 is 5.97 Å². The molecule has 0 aliphatic carbocycles. The highest BCUT2D eigenvalue weighted by atomic mass is 19.1. The number of rotatable bonds is 1. The Morgan fingerprint density at radius 2 is 2.00 bits per heavy atom. The van der Waals surface area contributed by atoms with Gasteiger partial charge < -0.3 is 15.6 Å². The predicted octanol–water partition coefficient (Wildman–Crippen LogP) is 2.07. The van der Waals surface area contributed by atoms with Crippen molar-refractivity contribution in [1.82, 2.24) is 0 Å². The van der Waals surface area contributed by atoms with Gasteiger partial charge in [-0.05, 0) is 32.9 Å². The second kappa shape index (κ2) is 4.00. The summed E-state index contributed by atoms with van der Waals surface area (Å²) in [4.78, 5) is 11.5. The number of aromatic hydroxyl groups is 1. The van der Waals surface area contributed by atoms with Crippen LogP contribution < -0.4 is 5.73 Å². The SMILES string of the molecule is CC(C)(C)OC(=O)c1cc(N)c(O)c(F)c1. The summed E-state index contributed by atoms with van der Waals surface area (Å²) in [6.07, 6.45) is 0. The zero-order valence-electron chi connectivity index (χ0n) is 9.37. The fraction of sp³-hybridized carbons (Fsp3) is 0.364. The van der Waals surface area contributed by atoms with Gasteiger partial charge in [-0.3, -0.25) is 0 Å². The molecule has 0 spiro atoms. The zero-order valence-corrected chi connectivity index (χ0v) is 9.37. The summed E-state index contributed by atoms with van der Waals surface area (Å²) in [7, 11) is 0. The van der Waals surface area contributed by atoms with Crippen LogP contribution in [0.2, 0.25) is 0 Å². The zero-order chi connectivity index (χ0) is 12.5. The number of phenols is 1. The number of carbonyl (C=O) groups excluding carboxylic acids is 1. The Balaban J connectivity index is 3.02. The number of ether oxygens (including phenoxy) is 1. The molecule has 4 nitrogen and oxygen atoms in total. The Labute approximate surface area is 92.8 Å². The highest BCUT2D eigenvalue weighted by Gasteiger charge is 2.20. The van der Waals surface area contributed by atoms with Crippen LogP contribution in [0.5, 0.6) is 5.75 Å². The molecule has 0 aliphatic heterocycles. The van der Waals surface area contributed by atoms with Gasteiger partial charge in [0.1, 0.15) is 5.60 Å². The molecule has 16 heavy (non-hydrogen) atoms. The first-order chi connectivity index (χ1) is 7.20.